The molecule has 0 fully saturated rings. The van der Waals surface area contributed by atoms with Gasteiger partial charge in [0, 0.05) is 17.5 Å². The van der Waals surface area contributed by atoms with Crippen LogP contribution in [0.25, 0.3) is 0 Å². The summed E-state index contributed by atoms with van der Waals surface area (Å²) in [4.78, 5) is 29.4. The molecule has 8 heteroatoms. The molecule has 1 heterocycles. The van der Waals surface area contributed by atoms with Gasteiger partial charge in [0.05, 0.1) is 22.9 Å². The number of ether oxygens (including phenoxy) is 1. The molecule has 2 rings (SSSR count). The molecule has 0 radical (unpaired) electrons. The Bertz CT molecular complexity index is 880. The average Bonchev–Trinajstić information content (AvgIpc) is 2.65. The minimum atomic E-state index is -0.866. The lowest BCUT2D eigenvalue weighted by atomic mass is 10.0. The molecule has 0 saturated heterocycles. The SMILES string of the molecule is CCc1cc(NC(CO)NC(=O)OC(C)(C)C)c(C(=O)c2ccccc2Cl)cn1. The zero-order valence-corrected chi connectivity index (χ0v) is 17.7. The molecule has 0 aliphatic heterocycles. The Morgan fingerprint density at radius 1 is 1.24 bits per heavy atom. The van der Waals surface area contributed by atoms with Crippen molar-refractivity contribution in [3.8, 4) is 0 Å². The second kappa shape index (κ2) is 9.71. The van der Waals surface area contributed by atoms with Crippen molar-refractivity contribution >= 4 is 29.2 Å². The standard InChI is InChI=1S/C21H26ClN3O4/c1-5-13-10-17(24-18(12-26)25-20(28)29-21(2,3)4)15(11-23-13)19(27)14-8-6-7-9-16(14)22/h6-11,18,26H,5,12H2,1-4H3,(H,23,24)(H,25,28). The molecule has 1 aromatic carbocycles. The van der Waals surface area contributed by atoms with Crippen molar-refractivity contribution in [2.45, 2.75) is 45.9 Å². The van der Waals surface area contributed by atoms with Crippen molar-refractivity contribution in [2.24, 2.45) is 0 Å². The van der Waals surface area contributed by atoms with Gasteiger partial charge >= 0.3 is 6.09 Å². The first-order chi connectivity index (χ1) is 13.6. The maximum absolute atomic E-state index is 13.0. The van der Waals surface area contributed by atoms with Crippen LogP contribution in [-0.2, 0) is 11.2 Å². The van der Waals surface area contributed by atoms with Gasteiger partial charge in [0.1, 0.15) is 11.8 Å². The van der Waals surface area contributed by atoms with Gasteiger partial charge < -0.3 is 15.2 Å². The molecule has 0 aliphatic carbocycles. The van der Waals surface area contributed by atoms with E-state index < -0.39 is 24.5 Å². The number of hydrogen-bond acceptors (Lipinski definition) is 6. The first-order valence-electron chi connectivity index (χ1n) is 9.29. The Kier molecular flexibility index (Phi) is 7.59. The van der Waals surface area contributed by atoms with E-state index in [2.05, 4.69) is 15.6 Å². The smallest absolute Gasteiger partial charge is 0.409 e. The van der Waals surface area contributed by atoms with E-state index in [1.165, 1.54) is 6.20 Å². The molecule has 1 amide bonds. The number of rotatable bonds is 7. The van der Waals surface area contributed by atoms with E-state index >= 15 is 0 Å². The fourth-order valence-corrected chi connectivity index (χ4v) is 2.77. The number of aryl methyl sites for hydroxylation is 1. The molecule has 3 N–H and O–H groups in total. The number of amides is 1. The summed E-state index contributed by atoms with van der Waals surface area (Å²) in [6.45, 7) is 6.74. The lowest BCUT2D eigenvalue weighted by molar-refractivity contribution is 0.0492. The molecule has 29 heavy (non-hydrogen) atoms. The summed E-state index contributed by atoms with van der Waals surface area (Å²) >= 11 is 6.17. The molecule has 156 valence electrons. The second-order valence-electron chi connectivity index (χ2n) is 7.41. The number of carbonyl (C=O) groups is 2. The molecule has 2 aromatic rings. The lowest BCUT2D eigenvalue weighted by Gasteiger charge is -2.24. The number of aliphatic hydroxyl groups excluding tert-OH is 1. The number of nitrogens with zero attached hydrogens (tertiary/aromatic N) is 1. The van der Waals surface area contributed by atoms with Gasteiger partial charge in [-0.1, -0.05) is 30.7 Å². The number of pyridine rings is 1. The third-order valence-corrected chi connectivity index (χ3v) is 4.22. The van der Waals surface area contributed by atoms with Crippen molar-refractivity contribution < 1.29 is 19.4 Å². The van der Waals surface area contributed by atoms with Crippen molar-refractivity contribution in [3.63, 3.8) is 0 Å². The maximum atomic E-state index is 13.0. The Morgan fingerprint density at radius 3 is 2.52 bits per heavy atom. The monoisotopic (exact) mass is 419 g/mol. The number of aromatic nitrogens is 1. The van der Waals surface area contributed by atoms with Gasteiger partial charge in [-0.25, -0.2) is 4.79 Å². The second-order valence-corrected chi connectivity index (χ2v) is 7.82. The zero-order chi connectivity index (χ0) is 21.6. The highest BCUT2D eigenvalue weighted by Crippen LogP contribution is 2.24. The molecule has 0 aliphatic rings. The van der Waals surface area contributed by atoms with Gasteiger partial charge in [-0.3, -0.25) is 15.1 Å². The topological polar surface area (TPSA) is 101 Å². The summed E-state index contributed by atoms with van der Waals surface area (Å²) in [7, 11) is 0. The number of aliphatic hydroxyl groups is 1. The summed E-state index contributed by atoms with van der Waals surface area (Å²) in [5, 5.41) is 15.6. The number of ketones is 1. The quantitative estimate of drug-likeness (QED) is 0.466. The highest BCUT2D eigenvalue weighted by Gasteiger charge is 2.22. The largest absolute Gasteiger partial charge is 0.444 e. The first kappa shape index (κ1) is 22.6. The summed E-state index contributed by atoms with van der Waals surface area (Å²) in [5.41, 5.74) is 1.11. The average molecular weight is 420 g/mol. The van der Waals surface area contributed by atoms with Crippen molar-refractivity contribution in [1.29, 1.82) is 0 Å². The number of carbonyl (C=O) groups excluding carboxylic acids is 2. The molecule has 7 nitrogen and oxygen atoms in total. The number of alkyl carbamates (subject to hydrolysis) is 1. The van der Waals surface area contributed by atoms with E-state index in [4.69, 9.17) is 16.3 Å². The van der Waals surface area contributed by atoms with E-state index in [9.17, 15) is 14.7 Å². The fraction of sp³-hybridized carbons (Fsp3) is 0.381. The molecule has 1 aromatic heterocycles. The van der Waals surface area contributed by atoms with Crippen LogP contribution in [0.3, 0.4) is 0 Å². The van der Waals surface area contributed by atoms with E-state index in [0.29, 0.717) is 22.7 Å². The molecular formula is C21H26ClN3O4. The highest BCUT2D eigenvalue weighted by molar-refractivity contribution is 6.35. The van der Waals surface area contributed by atoms with Crippen molar-refractivity contribution in [2.75, 3.05) is 11.9 Å². The summed E-state index contributed by atoms with van der Waals surface area (Å²) < 4.78 is 5.22. The molecule has 1 unspecified atom stereocenters. The van der Waals surface area contributed by atoms with E-state index in [1.807, 2.05) is 6.92 Å². The highest BCUT2D eigenvalue weighted by atomic mass is 35.5. The van der Waals surface area contributed by atoms with Gasteiger partial charge in [-0.15, -0.1) is 0 Å². The lowest BCUT2D eigenvalue weighted by Crippen LogP contribution is -2.45. The van der Waals surface area contributed by atoms with Crippen LogP contribution in [0.1, 0.15) is 49.3 Å². The first-order valence-corrected chi connectivity index (χ1v) is 9.67. The Labute approximate surface area is 175 Å². The van der Waals surface area contributed by atoms with Gasteiger partial charge in [-0.05, 0) is 45.4 Å². The Morgan fingerprint density at radius 2 is 1.93 bits per heavy atom. The maximum Gasteiger partial charge on any atom is 0.409 e. The molecule has 1 atom stereocenters. The Balaban J connectivity index is 2.31. The molecular weight excluding hydrogens is 394 g/mol. The van der Waals surface area contributed by atoms with Gasteiger partial charge in [-0.2, -0.15) is 0 Å². The van der Waals surface area contributed by atoms with Crippen LogP contribution in [0.2, 0.25) is 5.02 Å². The fourth-order valence-electron chi connectivity index (χ4n) is 2.55. The van der Waals surface area contributed by atoms with Gasteiger partial charge in [0.15, 0.2) is 5.78 Å². The third kappa shape index (κ3) is 6.44. The van der Waals surface area contributed by atoms with E-state index in [-0.39, 0.29) is 11.3 Å². The van der Waals surface area contributed by atoms with Crippen molar-refractivity contribution in [3.05, 3.63) is 58.4 Å². The van der Waals surface area contributed by atoms with Gasteiger partial charge in [0.25, 0.3) is 0 Å². The molecule has 0 bridgehead atoms. The van der Waals surface area contributed by atoms with Crippen LogP contribution < -0.4 is 10.6 Å². The summed E-state index contributed by atoms with van der Waals surface area (Å²) in [5.74, 6) is -0.317. The zero-order valence-electron chi connectivity index (χ0n) is 17.0. The van der Waals surface area contributed by atoms with Crippen LogP contribution in [0.4, 0.5) is 10.5 Å². The number of halogens is 1. The number of anilines is 1. The Hall–Kier alpha value is -2.64. The van der Waals surface area contributed by atoms with E-state index in [0.717, 1.165) is 5.69 Å². The van der Waals surface area contributed by atoms with Gasteiger partial charge in [0.2, 0.25) is 0 Å². The normalized spacial score (nSPS) is 12.2. The van der Waals surface area contributed by atoms with Crippen LogP contribution in [0.15, 0.2) is 36.5 Å². The van der Waals surface area contributed by atoms with Crippen LogP contribution in [0.5, 0.6) is 0 Å². The minimum Gasteiger partial charge on any atom is -0.444 e. The number of nitrogens with one attached hydrogen (secondary N) is 2. The predicted molar refractivity (Wildman–Crippen MR) is 112 cm³/mol. The van der Waals surface area contributed by atoms with Crippen LogP contribution >= 0.6 is 11.6 Å². The minimum absolute atomic E-state index is 0.278. The summed E-state index contributed by atoms with van der Waals surface area (Å²) in [6.07, 6.45) is 0.565. The van der Waals surface area contributed by atoms with Crippen molar-refractivity contribution in [1.82, 2.24) is 10.3 Å². The van der Waals surface area contributed by atoms with Crippen LogP contribution in [0, 0.1) is 0 Å². The predicted octanol–water partition coefficient (Wildman–Crippen LogP) is 3.78. The molecule has 0 spiro atoms. The molecule has 0 saturated carbocycles. The summed E-state index contributed by atoms with van der Waals surface area (Å²) in [6, 6.07) is 8.44. The third-order valence-electron chi connectivity index (χ3n) is 3.89. The van der Waals surface area contributed by atoms with Crippen LogP contribution in [-0.4, -0.2) is 40.3 Å². The number of hydrogen-bond donors (Lipinski definition) is 3. The number of benzene rings is 1. The van der Waals surface area contributed by atoms with E-state index in [1.54, 1.807) is 51.1 Å².